The van der Waals surface area contributed by atoms with Crippen LogP contribution in [0.25, 0.3) is 10.9 Å². The van der Waals surface area contributed by atoms with Gasteiger partial charge in [-0.15, -0.1) is 0 Å². The smallest absolute Gasteiger partial charge is 0.293 e. The summed E-state index contributed by atoms with van der Waals surface area (Å²) < 4.78 is 40.8. The van der Waals surface area contributed by atoms with Crippen LogP contribution in [0.4, 0.5) is 8.78 Å². The van der Waals surface area contributed by atoms with Gasteiger partial charge in [-0.3, -0.25) is 14.2 Å². The van der Waals surface area contributed by atoms with Gasteiger partial charge in [0.15, 0.2) is 0 Å². The lowest BCUT2D eigenvalue weighted by Gasteiger charge is -2.10. The Morgan fingerprint density at radius 3 is 2.83 bits per heavy atom. The Bertz CT molecular complexity index is 1130. The Hall–Kier alpha value is -2.69. The second-order valence-corrected chi connectivity index (χ2v) is 8.84. The fourth-order valence-corrected chi connectivity index (χ4v) is 5.08. The van der Waals surface area contributed by atoms with Gasteiger partial charge in [-0.05, 0) is 24.1 Å². The molecule has 30 heavy (non-hydrogen) atoms. The average molecular weight is 434 g/mol. The molecule has 158 valence electrons. The topological polar surface area (TPSA) is 96.3 Å². The summed E-state index contributed by atoms with van der Waals surface area (Å²) in [7, 11) is -0.806. The van der Waals surface area contributed by atoms with Crippen molar-refractivity contribution < 1.29 is 23.0 Å². The lowest BCUT2D eigenvalue weighted by Crippen LogP contribution is -2.28. The number of nitrogens with zero attached hydrogens (tertiary/aromatic N) is 2. The number of pyridine rings is 1. The van der Waals surface area contributed by atoms with Crippen LogP contribution in [0.15, 0.2) is 36.7 Å². The van der Waals surface area contributed by atoms with Crippen molar-refractivity contribution in [3.8, 4) is 0 Å². The summed E-state index contributed by atoms with van der Waals surface area (Å²) in [5, 5.41) is 13.0. The first kappa shape index (κ1) is 20.6. The monoisotopic (exact) mass is 434 g/mol. The minimum Gasteiger partial charge on any atom is -0.341 e. The summed E-state index contributed by atoms with van der Waals surface area (Å²) in [6, 6.07) is 5.13. The highest BCUT2D eigenvalue weighted by atomic mass is 32.2. The summed E-state index contributed by atoms with van der Waals surface area (Å²) in [4.78, 5) is 15.9. The van der Waals surface area contributed by atoms with Crippen molar-refractivity contribution in [1.29, 1.82) is 0 Å². The second-order valence-electron chi connectivity index (χ2n) is 7.22. The van der Waals surface area contributed by atoms with Crippen LogP contribution in [0.2, 0.25) is 0 Å². The molecule has 1 saturated heterocycles. The Morgan fingerprint density at radius 2 is 2.13 bits per heavy atom. The molecule has 10 heteroatoms. The van der Waals surface area contributed by atoms with Gasteiger partial charge >= 0.3 is 0 Å². The van der Waals surface area contributed by atoms with Crippen LogP contribution in [-0.2, 0) is 23.9 Å². The Kier molecular flexibility index (Phi) is 5.89. The molecule has 4 rings (SSSR count). The number of aromatic nitrogens is 2. The number of hydrogen-bond acceptors (Lipinski definition) is 5. The maximum absolute atomic E-state index is 14.2. The summed E-state index contributed by atoms with van der Waals surface area (Å²) >= 11 is 0. The number of amides is 1. The lowest BCUT2D eigenvalue weighted by atomic mass is 10.1. The summed E-state index contributed by atoms with van der Waals surface area (Å²) in [6.45, 7) is 0.616. The number of rotatable bonds is 6. The number of nitrogens with one attached hydrogen (secondary N) is 2. The molecule has 2 atom stereocenters. The third-order valence-corrected chi connectivity index (χ3v) is 6.67. The van der Waals surface area contributed by atoms with E-state index in [-0.39, 0.29) is 18.3 Å². The molecule has 0 aliphatic carbocycles. The van der Waals surface area contributed by atoms with E-state index in [1.807, 2.05) is 6.20 Å². The maximum atomic E-state index is 14.2. The molecule has 7 nitrogen and oxygen atoms in total. The Balaban J connectivity index is 1.68. The predicted octanol–water partition coefficient (Wildman–Crippen LogP) is 2.09. The zero-order valence-electron chi connectivity index (χ0n) is 15.9. The van der Waals surface area contributed by atoms with Crippen LogP contribution in [0.3, 0.4) is 0 Å². The highest BCUT2D eigenvalue weighted by Crippen LogP contribution is 2.24. The third-order valence-electron chi connectivity index (χ3n) is 5.20. The number of benzene rings is 1. The van der Waals surface area contributed by atoms with Crippen molar-refractivity contribution in [2.45, 2.75) is 25.6 Å². The molecular formula is C20H20F2N4O3S. The molecule has 0 saturated carbocycles. The molecule has 0 spiro atoms. The van der Waals surface area contributed by atoms with Crippen LogP contribution < -0.4 is 10.8 Å². The molecular weight excluding hydrogens is 414 g/mol. The van der Waals surface area contributed by atoms with Crippen LogP contribution in [0.1, 0.15) is 28.0 Å². The first-order chi connectivity index (χ1) is 14.4. The molecule has 1 fully saturated rings. The molecule has 0 bridgehead atoms. The number of fused-ring (bicyclic) bond motifs is 1. The predicted molar refractivity (Wildman–Crippen MR) is 108 cm³/mol. The molecule has 3 aromatic rings. The van der Waals surface area contributed by atoms with E-state index in [1.165, 1.54) is 18.3 Å². The van der Waals surface area contributed by atoms with E-state index in [9.17, 15) is 17.8 Å². The van der Waals surface area contributed by atoms with Crippen molar-refractivity contribution in [3.05, 3.63) is 65.1 Å². The number of halogens is 2. The average Bonchev–Trinajstić information content (AvgIpc) is 3.30. The first-order valence-corrected chi connectivity index (χ1v) is 10.9. The lowest BCUT2D eigenvalue weighted by molar-refractivity contribution is 0.0701. The number of carbonyl (C=O) groups excluding carboxylic acids is 1. The Morgan fingerprint density at radius 1 is 1.30 bits per heavy atom. The minimum atomic E-state index is -0.806. The van der Waals surface area contributed by atoms with Gasteiger partial charge in [-0.25, -0.2) is 19.2 Å². The van der Waals surface area contributed by atoms with Crippen LogP contribution in [0, 0.1) is 11.6 Å². The normalized spacial score (nSPS) is 18.8. The number of carbonyl (C=O) groups is 1. The van der Waals surface area contributed by atoms with E-state index in [1.54, 1.807) is 16.1 Å². The van der Waals surface area contributed by atoms with E-state index < -0.39 is 28.3 Å². The van der Waals surface area contributed by atoms with Gasteiger partial charge in [-0.1, -0.05) is 6.07 Å². The summed E-state index contributed by atoms with van der Waals surface area (Å²) in [5.41, 5.74) is 3.43. The minimum absolute atomic E-state index is 0.0407. The van der Waals surface area contributed by atoms with Gasteiger partial charge < -0.3 is 9.88 Å². The molecule has 1 aliphatic heterocycles. The maximum Gasteiger partial charge on any atom is 0.293 e. The SMILES string of the molecule is O=C(NO)c1cc2c(CNC3CCS(=O)C3)cn(Cc3ccc(F)cc3F)c2cn1. The van der Waals surface area contributed by atoms with Crippen molar-refractivity contribution in [1.82, 2.24) is 20.3 Å². The molecule has 3 heterocycles. The third kappa shape index (κ3) is 4.25. The molecule has 3 N–H and O–H groups in total. The highest BCUT2D eigenvalue weighted by molar-refractivity contribution is 7.85. The van der Waals surface area contributed by atoms with Crippen LogP contribution in [-0.4, -0.2) is 42.4 Å². The number of hydrogen-bond donors (Lipinski definition) is 3. The van der Waals surface area contributed by atoms with Gasteiger partial charge in [0.05, 0.1) is 18.3 Å². The molecule has 2 unspecified atom stereocenters. The zero-order valence-corrected chi connectivity index (χ0v) is 16.7. The quantitative estimate of drug-likeness (QED) is 0.408. The van der Waals surface area contributed by atoms with Crippen molar-refractivity contribution in [3.63, 3.8) is 0 Å². The van der Waals surface area contributed by atoms with Gasteiger partial charge in [0.1, 0.15) is 17.3 Å². The Labute approximate surface area is 173 Å². The van der Waals surface area contributed by atoms with Crippen molar-refractivity contribution >= 4 is 27.6 Å². The summed E-state index contributed by atoms with van der Waals surface area (Å²) in [6.07, 6.45) is 4.13. The second kappa shape index (κ2) is 8.58. The van der Waals surface area contributed by atoms with Gasteiger partial charge in [0.25, 0.3) is 5.91 Å². The fraction of sp³-hybridized carbons (Fsp3) is 0.300. The molecule has 2 aromatic heterocycles. The van der Waals surface area contributed by atoms with E-state index in [4.69, 9.17) is 5.21 Å². The molecule has 0 radical (unpaired) electrons. The largest absolute Gasteiger partial charge is 0.341 e. The molecule has 1 amide bonds. The standard InChI is InChI=1S/C20H20F2N4O3S/c21-14-2-1-12(17(22)5-14)9-26-10-13(7-23-15-3-4-30(29)11-15)16-6-18(20(27)25-28)24-8-19(16)26/h1-2,5-6,8,10,15,23,28H,3-4,7,9,11H2,(H,25,27). The zero-order chi connectivity index (χ0) is 21.3. The fourth-order valence-electron chi connectivity index (χ4n) is 3.63. The van der Waals surface area contributed by atoms with E-state index in [0.29, 0.717) is 29.1 Å². The van der Waals surface area contributed by atoms with Gasteiger partial charge in [0, 0.05) is 58.1 Å². The van der Waals surface area contributed by atoms with Crippen LogP contribution in [0.5, 0.6) is 0 Å². The van der Waals surface area contributed by atoms with E-state index in [2.05, 4.69) is 10.3 Å². The number of hydroxylamine groups is 1. The molecule has 1 aromatic carbocycles. The van der Waals surface area contributed by atoms with Gasteiger partial charge in [0.2, 0.25) is 0 Å². The molecule has 1 aliphatic rings. The van der Waals surface area contributed by atoms with Crippen LogP contribution >= 0.6 is 0 Å². The summed E-state index contributed by atoms with van der Waals surface area (Å²) in [5.74, 6) is -0.755. The van der Waals surface area contributed by atoms with E-state index >= 15 is 0 Å². The first-order valence-electron chi connectivity index (χ1n) is 9.39. The van der Waals surface area contributed by atoms with E-state index in [0.717, 1.165) is 23.4 Å². The highest BCUT2D eigenvalue weighted by Gasteiger charge is 2.21. The van der Waals surface area contributed by atoms with Gasteiger partial charge in [-0.2, -0.15) is 0 Å². The van der Waals surface area contributed by atoms with Crippen molar-refractivity contribution in [2.75, 3.05) is 11.5 Å². The van der Waals surface area contributed by atoms with Crippen molar-refractivity contribution in [2.24, 2.45) is 0 Å².